The lowest BCUT2D eigenvalue weighted by atomic mass is 9.69. The van der Waals surface area contributed by atoms with Gasteiger partial charge in [0.15, 0.2) is 6.10 Å². The highest BCUT2D eigenvalue weighted by Gasteiger charge is 2.46. The molecule has 0 spiro atoms. The van der Waals surface area contributed by atoms with E-state index in [1.165, 1.54) is 0 Å². The van der Waals surface area contributed by atoms with Crippen LogP contribution in [0.1, 0.15) is 33.9 Å². The van der Waals surface area contributed by atoms with Crippen molar-refractivity contribution in [3.05, 3.63) is 179 Å². The fourth-order valence-corrected chi connectivity index (χ4v) is 4.70. The predicted molar refractivity (Wildman–Crippen MR) is 140 cm³/mol. The molecule has 0 aliphatic heterocycles. The molecule has 0 aliphatic rings. The van der Waals surface area contributed by atoms with Crippen molar-refractivity contribution in [1.82, 2.24) is 0 Å². The van der Waals surface area contributed by atoms with Crippen LogP contribution in [0.15, 0.2) is 152 Å². The highest BCUT2D eigenvalue weighted by molar-refractivity contribution is 5.92. The average molecular weight is 455 g/mol. The van der Waals surface area contributed by atoms with E-state index < -0.39 is 11.5 Å². The molecule has 0 bridgehead atoms. The van der Waals surface area contributed by atoms with Crippen LogP contribution in [0.4, 0.5) is 0 Å². The second-order valence-corrected chi connectivity index (χ2v) is 8.45. The molecule has 0 fully saturated rings. The zero-order chi connectivity index (χ0) is 23.9. The van der Waals surface area contributed by atoms with Gasteiger partial charge < -0.3 is 4.74 Å². The quantitative estimate of drug-likeness (QED) is 0.190. The number of hydrogen-bond donors (Lipinski definition) is 0. The minimum absolute atomic E-state index is 0.321. The van der Waals surface area contributed by atoms with E-state index in [1.54, 1.807) is 0 Å². The van der Waals surface area contributed by atoms with Crippen LogP contribution in [-0.4, -0.2) is 5.97 Å². The minimum Gasteiger partial charge on any atom is -0.451 e. The third-order valence-corrected chi connectivity index (χ3v) is 6.36. The summed E-state index contributed by atoms with van der Waals surface area (Å²) in [6.07, 6.45) is -0.541. The van der Waals surface area contributed by atoms with E-state index in [9.17, 15) is 4.79 Å². The number of rotatable bonds is 7. The Morgan fingerprint density at radius 1 is 0.457 bits per heavy atom. The van der Waals surface area contributed by atoms with Gasteiger partial charge in [-0.1, -0.05) is 152 Å². The Hall–Kier alpha value is -4.43. The molecular formula is C33H26O2. The van der Waals surface area contributed by atoms with Crippen molar-refractivity contribution in [2.75, 3.05) is 0 Å². The predicted octanol–water partition coefficient (Wildman–Crippen LogP) is 7.35. The Morgan fingerprint density at radius 3 is 1.06 bits per heavy atom. The molecule has 0 atom stereocenters. The molecule has 0 radical (unpaired) electrons. The maximum absolute atomic E-state index is 14.6. The molecule has 2 heteroatoms. The highest BCUT2D eigenvalue weighted by atomic mass is 16.5. The molecule has 5 aromatic carbocycles. The first-order chi connectivity index (χ1) is 17.3. The van der Waals surface area contributed by atoms with E-state index in [0.29, 0.717) is 0 Å². The minimum atomic E-state index is -1.13. The third kappa shape index (κ3) is 4.39. The molecule has 0 saturated heterocycles. The molecule has 0 unspecified atom stereocenters. The lowest BCUT2D eigenvalue weighted by Crippen LogP contribution is -2.40. The SMILES string of the molecule is O=C(OC(c1ccccc1)c1ccccc1)C(c1ccccc1)(c1ccccc1)c1ccccc1. The molecule has 0 aromatic heterocycles. The Kier molecular flexibility index (Phi) is 6.54. The normalized spacial score (nSPS) is 11.2. The Labute approximate surface area is 206 Å². The van der Waals surface area contributed by atoms with Crippen LogP contribution in [-0.2, 0) is 14.9 Å². The van der Waals surface area contributed by atoms with Crippen LogP contribution < -0.4 is 0 Å². The largest absolute Gasteiger partial charge is 0.451 e. The number of esters is 1. The van der Waals surface area contributed by atoms with Crippen molar-refractivity contribution in [3.8, 4) is 0 Å². The molecule has 5 aromatic rings. The van der Waals surface area contributed by atoms with E-state index in [0.717, 1.165) is 27.8 Å². The van der Waals surface area contributed by atoms with Crippen LogP contribution in [0.2, 0.25) is 0 Å². The van der Waals surface area contributed by atoms with Crippen LogP contribution in [0, 0.1) is 0 Å². The fraction of sp³-hybridized carbons (Fsp3) is 0.0606. The van der Waals surface area contributed by atoms with Crippen molar-refractivity contribution >= 4 is 5.97 Å². The van der Waals surface area contributed by atoms with Crippen LogP contribution >= 0.6 is 0 Å². The first-order valence-electron chi connectivity index (χ1n) is 11.8. The average Bonchev–Trinajstić information content (AvgIpc) is 2.95. The van der Waals surface area contributed by atoms with E-state index in [1.807, 2.05) is 152 Å². The van der Waals surface area contributed by atoms with Gasteiger partial charge in [0.25, 0.3) is 0 Å². The molecule has 0 N–H and O–H groups in total. The summed E-state index contributed by atoms with van der Waals surface area (Å²) in [6, 6.07) is 49.5. The van der Waals surface area contributed by atoms with Gasteiger partial charge in [0, 0.05) is 0 Å². The topological polar surface area (TPSA) is 26.3 Å². The van der Waals surface area contributed by atoms with Gasteiger partial charge in [-0.2, -0.15) is 0 Å². The molecule has 0 amide bonds. The van der Waals surface area contributed by atoms with Gasteiger partial charge in [-0.05, 0) is 27.8 Å². The lowest BCUT2D eigenvalue weighted by Gasteiger charge is -2.35. The summed E-state index contributed by atoms with van der Waals surface area (Å²) in [5.41, 5.74) is 3.31. The third-order valence-electron chi connectivity index (χ3n) is 6.36. The maximum Gasteiger partial charge on any atom is 0.326 e. The van der Waals surface area contributed by atoms with Crippen molar-refractivity contribution in [1.29, 1.82) is 0 Å². The van der Waals surface area contributed by atoms with E-state index in [-0.39, 0.29) is 5.97 Å². The zero-order valence-electron chi connectivity index (χ0n) is 19.3. The molecule has 170 valence electrons. The fourth-order valence-electron chi connectivity index (χ4n) is 4.70. The van der Waals surface area contributed by atoms with Gasteiger partial charge in [-0.3, -0.25) is 4.79 Å². The van der Waals surface area contributed by atoms with Gasteiger partial charge >= 0.3 is 5.97 Å². The summed E-state index contributed by atoms with van der Waals surface area (Å²) in [4.78, 5) is 14.6. The summed E-state index contributed by atoms with van der Waals surface area (Å²) >= 11 is 0. The summed E-state index contributed by atoms with van der Waals surface area (Å²) in [6.45, 7) is 0. The van der Waals surface area contributed by atoms with Crippen molar-refractivity contribution in [2.24, 2.45) is 0 Å². The van der Waals surface area contributed by atoms with Crippen molar-refractivity contribution in [2.45, 2.75) is 11.5 Å². The van der Waals surface area contributed by atoms with Gasteiger partial charge in [-0.15, -0.1) is 0 Å². The van der Waals surface area contributed by atoms with Gasteiger partial charge in [0.05, 0.1) is 0 Å². The monoisotopic (exact) mass is 454 g/mol. The molecule has 5 rings (SSSR count). The highest BCUT2D eigenvalue weighted by Crippen LogP contribution is 2.42. The molecule has 2 nitrogen and oxygen atoms in total. The summed E-state index contributed by atoms with van der Waals surface area (Å²) in [5, 5.41) is 0. The maximum atomic E-state index is 14.6. The Morgan fingerprint density at radius 2 is 0.743 bits per heavy atom. The van der Waals surface area contributed by atoms with E-state index >= 15 is 0 Å². The van der Waals surface area contributed by atoms with Crippen LogP contribution in [0.3, 0.4) is 0 Å². The summed E-state index contributed by atoms with van der Waals surface area (Å²) in [5.74, 6) is -0.321. The summed E-state index contributed by atoms with van der Waals surface area (Å²) < 4.78 is 6.51. The number of hydrogen-bond acceptors (Lipinski definition) is 2. The van der Waals surface area contributed by atoms with Gasteiger partial charge in [0.1, 0.15) is 5.41 Å². The molecule has 0 aliphatic carbocycles. The summed E-state index contributed by atoms with van der Waals surface area (Å²) in [7, 11) is 0. The van der Waals surface area contributed by atoms with Crippen molar-refractivity contribution < 1.29 is 9.53 Å². The second-order valence-electron chi connectivity index (χ2n) is 8.45. The van der Waals surface area contributed by atoms with Crippen LogP contribution in [0.5, 0.6) is 0 Å². The lowest BCUT2D eigenvalue weighted by molar-refractivity contribution is -0.151. The Balaban J connectivity index is 1.71. The first-order valence-corrected chi connectivity index (χ1v) is 11.8. The van der Waals surface area contributed by atoms with Gasteiger partial charge in [-0.25, -0.2) is 0 Å². The number of benzene rings is 5. The standard InChI is InChI=1S/C33H26O2/c34-32(35-31(26-16-6-1-7-17-26)27-18-8-2-9-19-27)33(28-20-10-3-11-21-28,29-22-12-4-13-23-29)30-24-14-5-15-25-30/h1-25,31H. The number of carbonyl (C=O) groups excluding carboxylic acids is 1. The molecular weight excluding hydrogens is 428 g/mol. The molecule has 35 heavy (non-hydrogen) atoms. The molecule has 0 saturated carbocycles. The van der Waals surface area contributed by atoms with Crippen LogP contribution in [0.25, 0.3) is 0 Å². The van der Waals surface area contributed by atoms with E-state index in [4.69, 9.17) is 4.74 Å². The number of carbonyl (C=O) groups is 1. The van der Waals surface area contributed by atoms with E-state index in [2.05, 4.69) is 0 Å². The molecule has 0 heterocycles. The Bertz CT molecular complexity index is 1210. The first kappa shape index (κ1) is 22.4. The second kappa shape index (κ2) is 10.2. The van der Waals surface area contributed by atoms with Gasteiger partial charge in [0.2, 0.25) is 0 Å². The number of ether oxygens (including phenoxy) is 1. The smallest absolute Gasteiger partial charge is 0.326 e. The zero-order valence-corrected chi connectivity index (χ0v) is 19.3. The van der Waals surface area contributed by atoms with Crippen molar-refractivity contribution in [3.63, 3.8) is 0 Å².